The molecule has 2 heterocycles. The van der Waals surface area contributed by atoms with E-state index in [2.05, 4.69) is 17.1 Å². The average molecular weight is 642 g/mol. The molecule has 11 heteroatoms. The van der Waals surface area contributed by atoms with E-state index in [0.717, 1.165) is 41.6 Å². The van der Waals surface area contributed by atoms with Gasteiger partial charge in [-0.15, -0.1) is 0 Å². The number of esters is 1. The summed E-state index contributed by atoms with van der Waals surface area (Å²) in [6.45, 7) is 9.23. The highest BCUT2D eigenvalue weighted by atomic mass is 35.6. The molecule has 1 amide bonds. The zero-order valence-electron chi connectivity index (χ0n) is 24.3. The summed E-state index contributed by atoms with van der Waals surface area (Å²) in [6.07, 6.45) is 0.469. The zero-order chi connectivity index (χ0) is 30.7. The number of aliphatic hydroxyl groups is 1. The van der Waals surface area contributed by atoms with Crippen LogP contribution in [-0.4, -0.2) is 56.5 Å². The van der Waals surface area contributed by atoms with Crippen molar-refractivity contribution in [2.24, 2.45) is 5.92 Å². The fourth-order valence-corrected chi connectivity index (χ4v) is 5.52. The van der Waals surface area contributed by atoms with Crippen LogP contribution in [0.2, 0.25) is 0 Å². The summed E-state index contributed by atoms with van der Waals surface area (Å²) in [6, 6.07) is 14.9. The van der Waals surface area contributed by atoms with Crippen molar-refractivity contribution in [2.75, 3.05) is 13.1 Å². The summed E-state index contributed by atoms with van der Waals surface area (Å²) in [5.74, 6) is -0.934. The molecule has 2 fully saturated rings. The number of amides is 1. The third-order valence-corrected chi connectivity index (χ3v) is 8.06. The second-order valence-electron chi connectivity index (χ2n) is 11.9. The van der Waals surface area contributed by atoms with Gasteiger partial charge in [-0.2, -0.15) is 0 Å². The van der Waals surface area contributed by atoms with Gasteiger partial charge in [0.15, 0.2) is 6.29 Å². The number of nitrogens with one attached hydrogen (secondary N) is 1. The van der Waals surface area contributed by atoms with E-state index in [-0.39, 0.29) is 43.3 Å². The number of hydrogen-bond acceptors (Lipinski definition) is 7. The molecule has 0 saturated carbocycles. The molecule has 0 aliphatic carbocycles. The Morgan fingerprint density at radius 1 is 1.00 bits per heavy atom. The normalized spacial score (nSPS) is 25.3. The molecule has 4 rings (SSSR count). The van der Waals surface area contributed by atoms with Crippen molar-refractivity contribution in [2.45, 2.75) is 87.6 Å². The number of alkyl halides is 3. The number of nitrogens with zero attached hydrogens (tertiary/aromatic N) is 1. The Balaban J connectivity index is 1.54. The van der Waals surface area contributed by atoms with E-state index in [0.29, 0.717) is 6.54 Å². The third-order valence-electron chi connectivity index (χ3n) is 7.54. The molecular formula is C31H39Cl3N2O6. The molecule has 2 N–H and O–H groups in total. The van der Waals surface area contributed by atoms with Gasteiger partial charge in [0.25, 0.3) is 9.70 Å². The van der Waals surface area contributed by atoms with Gasteiger partial charge in [-0.1, -0.05) is 90.3 Å². The van der Waals surface area contributed by atoms with Gasteiger partial charge < -0.3 is 24.6 Å². The summed E-state index contributed by atoms with van der Waals surface area (Å²) < 4.78 is 16.8. The van der Waals surface area contributed by atoms with Crippen LogP contribution >= 0.6 is 34.8 Å². The van der Waals surface area contributed by atoms with E-state index < -0.39 is 21.6 Å². The van der Waals surface area contributed by atoms with Gasteiger partial charge in [0.1, 0.15) is 11.6 Å². The molecule has 0 bridgehead atoms. The fraction of sp³-hybridized carbons (Fsp3) is 0.548. The molecular weight excluding hydrogens is 603 g/mol. The molecule has 230 valence electrons. The Hall–Kier alpha value is -1.91. The van der Waals surface area contributed by atoms with Crippen LogP contribution in [0.1, 0.15) is 75.2 Å². The third kappa shape index (κ3) is 8.59. The van der Waals surface area contributed by atoms with E-state index in [1.165, 1.54) is 0 Å². The van der Waals surface area contributed by atoms with Crippen LogP contribution in [0.4, 0.5) is 0 Å². The Labute approximate surface area is 262 Å². The Morgan fingerprint density at radius 2 is 1.62 bits per heavy atom. The number of benzene rings is 2. The summed E-state index contributed by atoms with van der Waals surface area (Å²) in [4.78, 5) is 27.1. The van der Waals surface area contributed by atoms with Crippen LogP contribution in [0.5, 0.6) is 0 Å². The second-order valence-corrected chi connectivity index (χ2v) is 14.2. The first kappa shape index (κ1) is 33.0. The zero-order valence-corrected chi connectivity index (χ0v) is 26.6. The molecule has 0 spiro atoms. The number of ether oxygens (including phenoxy) is 3. The quantitative estimate of drug-likeness (QED) is 0.279. The van der Waals surface area contributed by atoms with Crippen LogP contribution < -0.4 is 5.32 Å². The summed E-state index contributed by atoms with van der Waals surface area (Å²) in [7, 11) is 0. The molecule has 2 aromatic rings. The number of aliphatic hydroxyl groups excluding tert-OH is 1. The number of carbonyl (C=O) groups excluding carboxylic acids is 2. The molecule has 42 heavy (non-hydrogen) atoms. The van der Waals surface area contributed by atoms with E-state index in [9.17, 15) is 14.7 Å². The maximum Gasteiger partial charge on any atom is 0.323 e. The molecule has 0 aromatic heterocycles. The van der Waals surface area contributed by atoms with Crippen molar-refractivity contribution in [1.82, 2.24) is 10.2 Å². The molecule has 2 aromatic carbocycles. The largest absolute Gasteiger partial charge is 0.459 e. The van der Waals surface area contributed by atoms with Crippen LogP contribution in [0.15, 0.2) is 48.5 Å². The predicted octanol–water partition coefficient (Wildman–Crippen LogP) is 5.76. The summed E-state index contributed by atoms with van der Waals surface area (Å²) >= 11 is 16.9. The number of halogens is 3. The average Bonchev–Trinajstić information content (AvgIpc) is 3.40. The number of likely N-dealkylation sites (tertiary alicyclic amines) is 1. The van der Waals surface area contributed by atoms with Crippen molar-refractivity contribution in [3.8, 4) is 0 Å². The lowest BCUT2D eigenvalue weighted by molar-refractivity contribution is -0.276. The van der Waals surface area contributed by atoms with Crippen LogP contribution in [0.25, 0.3) is 0 Å². The Morgan fingerprint density at radius 3 is 2.21 bits per heavy atom. The molecule has 2 aliphatic rings. The standard InChI is InChI=1S/C31H39Cl3N2O6/c1-19-25(17-36-15-5-6-24(36)27(38)42-30(2,3)4)40-28(41-26(19)22-11-9-21(18-37)10-12-22)23-13-7-20(8-14-23)16-35-29(39)31(32,33)34/h7-14,19,24-26,28,37H,5-6,15-18H2,1-4H3,(H,35,39)/t19-,24+,25+,26+,28+/m1/s1. The second kappa shape index (κ2) is 13.8. The van der Waals surface area contributed by atoms with Crippen LogP contribution in [0.3, 0.4) is 0 Å². The Kier molecular flexibility index (Phi) is 10.8. The van der Waals surface area contributed by atoms with Crippen molar-refractivity contribution in [3.05, 3.63) is 70.8 Å². The van der Waals surface area contributed by atoms with Gasteiger partial charge in [-0.3, -0.25) is 14.5 Å². The molecule has 2 saturated heterocycles. The molecule has 2 aliphatic heterocycles. The van der Waals surface area contributed by atoms with E-state index in [1.54, 1.807) is 0 Å². The fourth-order valence-electron chi connectivity index (χ4n) is 5.32. The van der Waals surface area contributed by atoms with Gasteiger partial charge in [0.05, 0.1) is 18.8 Å². The van der Waals surface area contributed by atoms with Crippen LogP contribution in [-0.2, 0) is 37.0 Å². The minimum atomic E-state index is -2.03. The van der Waals surface area contributed by atoms with Gasteiger partial charge in [-0.05, 0) is 56.8 Å². The van der Waals surface area contributed by atoms with E-state index in [1.807, 2.05) is 69.3 Å². The van der Waals surface area contributed by atoms with E-state index >= 15 is 0 Å². The maximum absolute atomic E-state index is 13.0. The minimum absolute atomic E-state index is 0.0301. The lowest BCUT2D eigenvalue weighted by atomic mass is 9.90. The highest BCUT2D eigenvalue weighted by Crippen LogP contribution is 2.42. The topological polar surface area (TPSA) is 97.3 Å². The lowest BCUT2D eigenvalue weighted by Gasteiger charge is -2.43. The Bertz CT molecular complexity index is 1210. The first-order chi connectivity index (χ1) is 19.7. The molecule has 8 nitrogen and oxygen atoms in total. The van der Waals surface area contributed by atoms with Crippen molar-refractivity contribution < 1.29 is 28.9 Å². The molecule has 0 unspecified atom stereocenters. The molecule has 0 radical (unpaired) electrons. The van der Waals surface area contributed by atoms with Crippen molar-refractivity contribution in [3.63, 3.8) is 0 Å². The summed E-state index contributed by atoms with van der Waals surface area (Å²) in [5.41, 5.74) is 2.87. The lowest BCUT2D eigenvalue weighted by Crippen LogP contribution is -2.48. The smallest absolute Gasteiger partial charge is 0.323 e. The monoisotopic (exact) mass is 640 g/mol. The first-order valence-corrected chi connectivity index (χ1v) is 15.3. The van der Waals surface area contributed by atoms with Crippen molar-refractivity contribution in [1.29, 1.82) is 0 Å². The summed E-state index contributed by atoms with van der Waals surface area (Å²) in [5, 5.41) is 12.1. The first-order valence-electron chi connectivity index (χ1n) is 14.2. The number of rotatable bonds is 8. The number of carbonyl (C=O) groups is 2. The number of hydrogen-bond donors (Lipinski definition) is 2. The van der Waals surface area contributed by atoms with Gasteiger partial charge in [0.2, 0.25) is 0 Å². The van der Waals surface area contributed by atoms with Gasteiger partial charge in [0, 0.05) is 24.6 Å². The highest BCUT2D eigenvalue weighted by Gasteiger charge is 2.42. The van der Waals surface area contributed by atoms with E-state index in [4.69, 9.17) is 49.0 Å². The molecule has 5 atom stereocenters. The predicted molar refractivity (Wildman–Crippen MR) is 162 cm³/mol. The van der Waals surface area contributed by atoms with Gasteiger partial charge >= 0.3 is 5.97 Å². The van der Waals surface area contributed by atoms with Crippen LogP contribution in [0, 0.1) is 5.92 Å². The SMILES string of the molecule is C[C@@H]1[C@H](CN2CCC[C@H]2C(=O)OC(C)(C)C)O[C@H](c2ccc(CNC(=O)C(Cl)(Cl)Cl)cc2)O[C@@H]1c1ccc(CO)cc1. The van der Waals surface area contributed by atoms with Gasteiger partial charge in [-0.25, -0.2) is 0 Å². The van der Waals surface area contributed by atoms with Crippen molar-refractivity contribution >= 4 is 46.7 Å². The minimum Gasteiger partial charge on any atom is -0.459 e. The maximum atomic E-state index is 13.0. The highest BCUT2D eigenvalue weighted by molar-refractivity contribution is 6.76.